The van der Waals surface area contributed by atoms with Gasteiger partial charge >= 0.3 is 0 Å². The number of ketones is 1. The summed E-state index contributed by atoms with van der Waals surface area (Å²) in [5.74, 6) is 0.258. The van der Waals surface area contributed by atoms with Crippen LogP contribution in [0.1, 0.15) is 36.5 Å². The molecule has 0 heterocycles. The van der Waals surface area contributed by atoms with Gasteiger partial charge in [0.15, 0.2) is 0 Å². The van der Waals surface area contributed by atoms with E-state index >= 15 is 0 Å². The highest BCUT2D eigenvalue weighted by molar-refractivity contribution is 5.83. The van der Waals surface area contributed by atoms with Gasteiger partial charge in [0, 0.05) is 5.92 Å². The van der Waals surface area contributed by atoms with Gasteiger partial charge in [-0.25, -0.2) is 0 Å². The number of rotatable bonds is 2. The first-order valence-corrected chi connectivity index (χ1v) is 4.60. The molecule has 0 saturated carbocycles. The van der Waals surface area contributed by atoms with Crippen molar-refractivity contribution in [2.75, 3.05) is 0 Å². The molecule has 70 valence electrons. The standard InChI is InChI=1S/C12H16O/c1-8-6-5-7-12(9(8)2)10(3)11(4)13/h5-7,10H,1-4H3. The molecule has 0 radical (unpaired) electrons. The average Bonchev–Trinajstić information content (AvgIpc) is 2.08. The summed E-state index contributed by atoms with van der Waals surface area (Å²) in [7, 11) is 0. The normalized spacial score (nSPS) is 12.6. The van der Waals surface area contributed by atoms with Crippen molar-refractivity contribution < 1.29 is 4.79 Å². The molecule has 1 aromatic rings. The van der Waals surface area contributed by atoms with Crippen molar-refractivity contribution in [3.63, 3.8) is 0 Å². The molecule has 1 unspecified atom stereocenters. The Balaban J connectivity index is 3.15. The summed E-state index contributed by atoms with van der Waals surface area (Å²) < 4.78 is 0. The minimum Gasteiger partial charge on any atom is -0.299 e. The Kier molecular flexibility index (Phi) is 2.86. The van der Waals surface area contributed by atoms with E-state index in [2.05, 4.69) is 19.9 Å². The third kappa shape index (κ3) is 1.97. The van der Waals surface area contributed by atoms with E-state index < -0.39 is 0 Å². The van der Waals surface area contributed by atoms with Gasteiger partial charge in [0.2, 0.25) is 0 Å². The van der Waals surface area contributed by atoms with Gasteiger partial charge in [0.25, 0.3) is 0 Å². The fraction of sp³-hybridized carbons (Fsp3) is 0.417. The van der Waals surface area contributed by atoms with Crippen LogP contribution in [0.15, 0.2) is 18.2 Å². The summed E-state index contributed by atoms with van der Waals surface area (Å²) in [6.45, 7) is 7.76. The van der Waals surface area contributed by atoms with E-state index in [0.717, 1.165) is 5.56 Å². The summed E-state index contributed by atoms with van der Waals surface area (Å²) in [4.78, 5) is 11.2. The molecule has 1 rings (SSSR count). The predicted octanol–water partition coefficient (Wildman–Crippen LogP) is 3.00. The maximum Gasteiger partial charge on any atom is 0.136 e. The van der Waals surface area contributed by atoms with Crippen LogP contribution in [0.2, 0.25) is 0 Å². The van der Waals surface area contributed by atoms with Crippen molar-refractivity contribution in [3.05, 3.63) is 34.9 Å². The van der Waals surface area contributed by atoms with Gasteiger partial charge in [-0.3, -0.25) is 4.79 Å². The molecule has 1 heteroatoms. The third-order valence-electron chi connectivity index (χ3n) is 2.72. The minimum atomic E-state index is 0.0277. The molecule has 0 bridgehead atoms. The minimum absolute atomic E-state index is 0.0277. The Morgan fingerprint density at radius 3 is 2.46 bits per heavy atom. The fourth-order valence-electron chi connectivity index (χ4n) is 1.46. The summed E-state index contributed by atoms with van der Waals surface area (Å²) in [6, 6.07) is 6.12. The van der Waals surface area contributed by atoms with E-state index in [-0.39, 0.29) is 11.7 Å². The van der Waals surface area contributed by atoms with Crippen LogP contribution < -0.4 is 0 Å². The Bertz CT molecular complexity index is 326. The van der Waals surface area contributed by atoms with Crippen molar-refractivity contribution in [2.45, 2.75) is 33.6 Å². The maximum absolute atomic E-state index is 11.2. The highest BCUT2D eigenvalue weighted by atomic mass is 16.1. The van der Waals surface area contributed by atoms with Crippen LogP contribution in [-0.2, 0) is 4.79 Å². The summed E-state index contributed by atoms with van der Waals surface area (Å²) in [6.07, 6.45) is 0. The SMILES string of the molecule is CC(=O)C(C)c1cccc(C)c1C. The Morgan fingerprint density at radius 2 is 1.92 bits per heavy atom. The number of hydrogen-bond acceptors (Lipinski definition) is 1. The topological polar surface area (TPSA) is 17.1 Å². The quantitative estimate of drug-likeness (QED) is 0.677. The first-order chi connectivity index (χ1) is 6.04. The molecule has 0 spiro atoms. The van der Waals surface area contributed by atoms with Gasteiger partial charge in [-0.2, -0.15) is 0 Å². The Hall–Kier alpha value is -1.11. The number of benzene rings is 1. The van der Waals surface area contributed by atoms with Gasteiger partial charge in [-0.15, -0.1) is 0 Å². The highest BCUT2D eigenvalue weighted by Crippen LogP contribution is 2.22. The second kappa shape index (κ2) is 3.73. The summed E-state index contributed by atoms with van der Waals surface area (Å²) in [5.41, 5.74) is 3.66. The van der Waals surface area contributed by atoms with E-state index in [1.54, 1.807) is 6.92 Å². The van der Waals surface area contributed by atoms with E-state index in [1.807, 2.05) is 19.1 Å². The van der Waals surface area contributed by atoms with E-state index in [9.17, 15) is 4.79 Å². The first-order valence-electron chi connectivity index (χ1n) is 4.60. The number of aryl methyl sites for hydroxylation is 1. The fourth-order valence-corrected chi connectivity index (χ4v) is 1.46. The van der Waals surface area contributed by atoms with Crippen molar-refractivity contribution in [1.29, 1.82) is 0 Å². The summed E-state index contributed by atoms with van der Waals surface area (Å²) >= 11 is 0. The maximum atomic E-state index is 11.2. The van der Waals surface area contributed by atoms with Gasteiger partial charge in [-0.05, 0) is 37.5 Å². The zero-order chi connectivity index (χ0) is 10.0. The lowest BCUT2D eigenvalue weighted by Gasteiger charge is -2.12. The molecule has 0 aliphatic carbocycles. The second-order valence-corrected chi connectivity index (χ2v) is 3.62. The molecule has 0 amide bonds. The molecule has 1 nitrogen and oxygen atoms in total. The van der Waals surface area contributed by atoms with Crippen LogP contribution >= 0.6 is 0 Å². The van der Waals surface area contributed by atoms with E-state index in [1.165, 1.54) is 11.1 Å². The zero-order valence-corrected chi connectivity index (χ0v) is 8.72. The second-order valence-electron chi connectivity index (χ2n) is 3.62. The Labute approximate surface area is 79.8 Å². The van der Waals surface area contributed by atoms with Crippen molar-refractivity contribution in [3.8, 4) is 0 Å². The smallest absolute Gasteiger partial charge is 0.136 e. The molecule has 0 fully saturated rings. The van der Waals surface area contributed by atoms with Crippen LogP contribution in [0.3, 0.4) is 0 Å². The van der Waals surface area contributed by atoms with Crippen LogP contribution in [0.25, 0.3) is 0 Å². The molecule has 1 atom stereocenters. The molecule has 0 aliphatic heterocycles. The molecular formula is C12H16O. The van der Waals surface area contributed by atoms with Crippen LogP contribution in [0.4, 0.5) is 0 Å². The molecule has 0 saturated heterocycles. The first kappa shape index (κ1) is 9.97. The number of Topliss-reactive ketones (excluding diaryl/α,β-unsaturated/α-hetero) is 1. The van der Waals surface area contributed by atoms with E-state index in [4.69, 9.17) is 0 Å². The van der Waals surface area contributed by atoms with Crippen molar-refractivity contribution in [2.24, 2.45) is 0 Å². The third-order valence-corrected chi connectivity index (χ3v) is 2.72. The number of hydrogen-bond donors (Lipinski definition) is 0. The van der Waals surface area contributed by atoms with Crippen LogP contribution in [0.5, 0.6) is 0 Å². The predicted molar refractivity (Wildman–Crippen MR) is 55.0 cm³/mol. The lowest BCUT2D eigenvalue weighted by Crippen LogP contribution is -2.06. The van der Waals surface area contributed by atoms with Gasteiger partial charge in [-0.1, -0.05) is 25.1 Å². The highest BCUT2D eigenvalue weighted by Gasteiger charge is 2.12. The molecule has 0 N–H and O–H groups in total. The van der Waals surface area contributed by atoms with Gasteiger partial charge in [0.1, 0.15) is 5.78 Å². The zero-order valence-electron chi connectivity index (χ0n) is 8.72. The number of carbonyl (C=O) groups excluding carboxylic acids is 1. The van der Waals surface area contributed by atoms with Crippen LogP contribution in [0, 0.1) is 13.8 Å². The van der Waals surface area contributed by atoms with Crippen molar-refractivity contribution >= 4 is 5.78 Å². The van der Waals surface area contributed by atoms with E-state index in [0.29, 0.717) is 0 Å². The largest absolute Gasteiger partial charge is 0.299 e. The van der Waals surface area contributed by atoms with Crippen molar-refractivity contribution in [1.82, 2.24) is 0 Å². The van der Waals surface area contributed by atoms with Gasteiger partial charge in [0.05, 0.1) is 0 Å². The Morgan fingerprint density at radius 1 is 1.31 bits per heavy atom. The van der Waals surface area contributed by atoms with Crippen LogP contribution in [-0.4, -0.2) is 5.78 Å². The summed E-state index contributed by atoms with van der Waals surface area (Å²) in [5, 5.41) is 0. The lowest BCUT2D eigenvalue weighted by atomic mass is 9.91. The monoisotopic (exact) mass is 176 g/mol. The molecule has 1 aromatic carbocycles. The van der Waals surface area contributed by atoms with Gasteiger partial charge < -0.3 is 0 Å². The molecule has 0 aliphatic rings. The average molecular weight is 176 g/mol. The number of carbonyl (C=O) groups is 1. The molecular weight excluding hydrogens is 160 g/mol. The molecule has 13 heavy (non-hydrogen) atoms. The molecule has 0 aromatic heterocycles. The lowest BCUT2D eigenvalue weighted by molar-refractivity contribution is -0.118.